The summed E-state index contributed by atoms with van der Waals surface area (Å²) in [5.74, 6) is -0.281. The lowest BCUT2D eigenvalue weighted by Crippen LogP contribution is -2.43. The molecule has 5 nitrogen and oxygen atoms in total. The number of hydrogen-bond acceptors (Lipinski definition) is 3. The second kappa shape index (κ2) is 7.28. The number of rotatable bonds is 7. The van der Waals surface area contributed by atoms with Crippen LogP contribution < -0.4 is 5.32 Å². The third-order valence-corrected chi connectivity index (χ3v) is 4.14. The van der Waals surface area contributed by atoms with Crippen LogP contribution in [0.3, 0.4) is 0 Å². The van der Waals surface area contributed by atoms with Gasteiger partial charge < -0.3 is 10.2 Å². The molecule has 1 saturated carbocycles. The number of nitrogens with zero attached hydrogens (tertiary/aromatic N) is 2. The van der Waals surface area contributed by atoms with Crippen molar-refractivity contribution in [3.05, 3.63) is 29.8 Å². The van der Waals surface area contributed by atoms with Crippen LogP contribution in [0.1, 0.15) is 45.1 Å². The average molecular weight is 313 g/mol. The lowest BCUT2D eigenvalue weighted by molar-refractivity contribution is -0.142. The molecule has 0 bridgehead atoms. The third kappa shape index (κ3) is 3.70. The van der Waals surface area contributed by atoms with E-state index in [1.165, 1.54) is 0 Å². The monoisotopic (exact) mass is 313 g/mol. The van der Waals surface area contributed by atoms with Crippen LogP contribution in [0.15, 0.2) is 24.3 Å². The zero-order valence-electron chi connectivity index (χ0n) is 13.8. The third-order valence-electron chi connectivity index (χ3n) is 4.14. The van der Waals surface area contributed by atoms with Crippen LogP contribution in [0.25, 0.3) is 0 Å². The molecule has 0 unspecified atom stereocenters. The van der Waals surface area contributed by atoms with Crippen LogP contribution in [0.2, 0.25) is 0 Å². The van der Waals surface area contributed by atoms with Crippen molar-refractivity contribution in [1.82, 2.24) is 4.90 Å². The van der Waals surface area contributed by atoms with Gasteiger partial charge in [0.15, 0.2) is 0 Å². The minimum absolute atomic E-state index is 0.0488. The summed E-state index contributed by atoms with van der Waals surface area (Å²) in [6.45, 7) is 5.45. The van der Waals surface area contributed by atoms with Gasteiger partial charge in [0.25, 0.3) is 0 Å². The molecule has 1 aromatic rings. The molecule has 23 heavy (non-hydrogen) atoms. The number of carbonyl (C=O) groups is 2. The molecule has 1 N–H and O–H groups in total. The van der Waals surface area contributed by atoms with Gasteiger partial charge >= 0.3 is 0 Å². The average Bonchev–Trinajstić information content (AvgIpc) is 3.36. The first-order chi connectivity index (χ1) is 11.1. The van der Waals surface area contributed by atoms with Gasteiger partial charge in [0.05, 0.1) is 11.6 Å². The van der Waals surface area contributed by atoms with Crippen molar-refractivity contribution in [2.75, 3.05) is 18.4 Å². The van der Waals surface area contributed by atoms with E-state index in [4.69, 9.17) is 5.26 Å². The molecule has 122 valence electrons. The van der Waals surface area contributed by atoms with Crippen molar-refractivity contribution in [2.45, 2.75) is 39.5 Å². The van der Waals surface area contributed by atoms with Gasteiger partial charge in [-0.3, -0.25) is 9.59 Å². The van der Waals surface area contributed by atoms with E-state index in [0.29, 0.717) is 37.2 Å². The van der Waals surface area contributed by atoms with E-state index in [0.717, 1.165) is 12.8 Å². The molecule has 1 aliphatic rings. The highest BCUT2D eigenvalue weighted by atomic mass is 16.2. The van der Waals surface area contributed by atoms with Crippen LogP contribution in [0.5, 0.6) is 0 Å². The number of carbonyl (C=O) groups excluding carboxylic acids is 2. The Kier molecular flexibility index (Phi) is 5.38. The van der Waals surface area contributed by atoms with E-state index in [9.17, 15) is 9.59 Å². The van der Waals surface area contributed by atoms with E-state index in [1.54, 1.807) is 24.3 Å². The van der Waals surface area contributed by atoms with Crippen molar-refractivity contribution >= 4 is 17.5 Å². The number of benzene rings is 1. The van der Waals surface area contributed by atoms with E-state index in [1.807, 2.05) is 24.8 Å². The molecule has 0 radical (unpaired) electrons. The van der Waals surface area contributed by atoms with Gasteiger partial charge in [-0.05, 0) is 49.9 Å². The smallest absolute Gasteiger partial charge is 0.240 e. The number of amides is 2. The molecular weight excluding hydrogens is 290 g/mol. The summed E-state index contributed by atoms with van der Waals surface area (Å²) in [6.07, 6.45) is 2.99. The Morgan fingerprint density at radius 1 is 1.17 bits per heavy atom. The molecule has 0 spiro atoms. The SMILES string of the molecule is CCCN(CCC)C(=O)C1(C(=O)Nc2ccc(C#N)cc2)CC1. The fourth-order valence-corrected chi connectivity index (χ4v) is 2.70. The normalized spacial score (nSPS) is 14.7. The number of anilines is 1. The Bertz CT molecular complexity index is 606. The first-order valence-corrected chi connectivity index (χ1v) is 8.18. The molecule has 2 amide bonds. The van der Waals surface area contributed by atoms with Gasteiger partial charge in [-0.15, -0.1) is 0 Å². The molecule has 0 aliphatic heterocycles. The lowest BCUT2D eigenvalue weighted by Gasteiger charge is -2.26. The highest BCUT2D eigenvalue weighted by Gasteiger charge is 2.57. The summed E-state index contributed by atoms with van der Waals surface area (Å²) in [7, 11) is 0. The molecule has 1 aromatic carbocycles. The predicted octanol–water partition coefficient (Wildman–Crippen LogP) is 2.93. The van der Waals surface area contributed by atoms with Gasteiger partial charge in [-0.2, -0.15) is 5.26 Å². The zero-order valence-corrected chi connectivity index (χ0v) is 13.8. The largest absolute Gasteiger partial charge is 0.342 e. The highest BCUT2D eigenvalue weighted by molar-refractivity contribution is 6.13. The molecule has 0 atom stereocenters. The molecule has 0 heterocycles. The number of hydrogen-bond donors (Lipinski definition) is 1. The minimum atomic E-state index is -0.891. The van der Waals surface area contributed by atoms with E-state index < -0.39 is 5.41 Å². The quantitative estimate of drug-likeness (QED) is 0.787. The van der Waals surface area contributed by atoms with Crippen LogP contribution in [0, 0.1) is 16.7 Å². The van der Waals surface area contributed by atoms with Gasteiger partial charge in [0.2, 0.25) is 11.8 Å². The Balaban J connectivity index is 2.07. The van der Waals surface area contributed by atoms with E-state index in [2.05, 4.69) is 5.32 Å². The van der Waals surface area contributed by atoms with Crippen molar-refractivity contribution in [3.8, 4) is 6.07 Å². The van der Waals surface area contributed by atoms with Gasteiger partial charge in [0, 0.05) is 18.8 Å². The van der Waals surface area contributed by atoms with Crippen LogP contribution in [0.4, 0.5) is 5.69 Å². The summed E-state index contributed by atoms with van der Waals surface area (Å²) in [4.78, 5) is 27.2. The van der Waals surface area contributed by atoms with Gasteiger partial charge in [0.1, 0.15) is 5.41 Å². The van der Waals surface area contributed by atoms with Crippen LogP contribution in [-0.4, -0.2) is 29.8 Å². The molecule has 5 heteroatoms. The molecule has 2 rings (SSSR count). The predicted molar refractivity (Wildman–Crippen MR) is 88.6 cm³/mol. The van der Waals surface area contributed by atoms with Crippen LogP contribution >= 0.6 is 0 Å². The standard InChI is InChI=1S/C18H23N3O2/c1-3-11-21(12-4-2)17(23)18(9-10-18)16(22)20-15-7-5-14(13-19)6-8-15/h5-8H,3-4,9-12H2,1-2H3,(H,20,22). The van der Waals surface area contributed by atoms with Crippen molar-refractivity contribution in [2.24, 2.45) is 5.41 Å². The molecule has 1 aliphatic carbocycles. The molecule has 0 saturated heterocycles. The first kappa shape index (κ1) is 17.0. The van der Waals surface area contributed by atoms with Crippen molar-refractivity contribution < 1.29 is 9.59 Å². The summed E-state index contributed by atoms with van der Waals surface area (Å²) < 4.78 is 0. The van der Waals surface area contributed by atoms with E-state index >= 15 is 0 Å². The molecule has 0 aromatic heterocycles. The molecular formula is C18H23N3O2. The Hall–Kier alpha value is -2.35. The van der Waals surface area contributed by atoms with Crippen molar-refractivity contribution in [3.63, 3.8) is 0 Å². The topological polar surface area (TPSA) is 73.2 Å². The fraction of sp³-hybridized carbons (Fsp3) is 0.500. The summed E-state index contributed by atoms with van der Waals surface area (Å²) in [6, 6.07) is 8.71. The lowest BCUT2D eigenvalue weighted by atomic mass is 10.0. The fourth-order valence-electron chi connectivity index (χ4n) is 2.70. The van der Waals surface area contributed by atoms with Crippen LogP contribution in [-0.2, 0) is 9.59 Å². The van der Waals surface area contributed by atoms with Gasteiger partial charge in [-0.25, -0.2) is 0 Å². The second-order valence-corrected chi connectivity index (χ2v) is 6.02. The van der Waals surface area contributed by atoms with E-state index in [-0.39, 0.29) is 11.8 Å². The maximum Gasteiger partial charge on any atom is 0.240 e. The Labute approximate surface area is 137 Å². The molecule has 1 fully saturated rings. The Morgan fingerprint density at radius 2 is 1.74 bits per heavy atom. The second-order valence-electron chi connectivity index (χ2n) is 6.02. The van der Waals surface area contributed by atoms with Gasteiger partial charge in [-0.1, -0.05) is 13.8 Å². The highest BCUT2D eigenvalue weighted by Crippen LogP contribution is 2.48. The Morgan fingerprint density at radius 3 is 2.17 bits per heavy atom. The summed E-state index contributed by atoms with van der Waals surface area (Å²) >= 11 is 0. The maximum atomic E-state index is 12.8. The first-order valence-electron chi connectivity index (χ1n) is 8.18. The number of nitriles is 1. The summed E-state index contributed by atoms with van der Waals surface area (Å²) in [5, 5.41) is 11.6. The summed E-state index contributed by atoms with van der Waals surface area (Å²) in [5.41, 5.74) is 0.265. The van der Waals surface area contributed by atoms with Crippen molar-refractivity contribution in [1.29, 1.82) is 5.26 Å². The zero-order chi connectivity index (χ0) is 16.9. The minimum Gasteiger partial charge on any atom is -0.342 e. The number of nitrogens with one attached hydrogen (secondary N) is 1. The maximum absolute atomic E-state index is 12.8.